The van der Waals surface area contributed by atoms with E-state index in [4.69, 9.17) is 0 Å². The van der Waals surface area contributed by atoms with E-state index in [1.165, 1.54) is 22.1 Å². The quantitative estimate of drug-likeness (QED) is 0.426. The second-order valence-electron chi connectivity index (χ2n) is 7.82. The van der Waals surface area contributed by atoms with Crippen LogP contribution in [0.25, 0.3) is 10.9 Å². The van der Waals surface area contributed by atoms with E-state index in [-0.39, 0.29) is 23.6 Å². The Morgan fingerprint density at radius 3 is 2.22 bits per heavy atom. The highest BCUT2D eigenvalue weighted by molar-refractivity contribution is 9.10. The minimum Gasteiger partial charge on any atom is -0.361 e. The van der Waals surface area contributed by atoms with Gasteiger partial charge in [-0.1, -0.05) is 34.1 Å². The van der Waals surface area contributed by atoms with Crippen LogP contribution in [-0.2, 0) is 22.4 Å². The molecular formula is C22H20BrFN4O4. The van der Waals surface area contributed by atoms with Gasteiger partial charge in [0.05, 0.1) is 15.8 Å². The van der Waals surface area contributed by atoms with Crippen molar-refractivity contribution in [1.29, 1.82) is 0 Å². The molecule has 0 saturated carbocycles. The van der Waals surface area contributed by atoms with Crippen molar-refractivity contribution in [3.05, 3.63) is 74.1 Å². The molecule has 0 aliphatic carbocycles. The first-order valence-corrected chi connectivity index (χ1v) is 10.7. The Bertz CT molecular complexity index is 1240. The number of amides is 2. The van der Waals surface area contributed by atoms with E-state index < -0.39 is 28.5 Å². The highest BCUT2D eigenvalue weighted by atomic mass is 79.9. The molecule has 2 amide bonds. The summed E-state index contributed by atoms with van der Waals surface area (Å²) in [7, 11) is 3.13. The molecule has 4 rings (SSSR count). The summed E-state index contributed by atoms with van der Waals surface area (Å²) >= 11 is 3.47. The zero-order valence-corrected chi connectivity index (χ0v) is 18.9. The standard InChI is InChI=1S/C22H20BrFN4O4/c1-26-17(9-12-5-3-4-6-14(12)23)21(29)27(2)18(22(26)30)10-13-11-25-16-8-7-15(24)20(19(13)16)28(31)32/h3-8,11,17-18,25H,9-10H2,1-2H3/t17-,18-/m0/s1. The molecule has 10 heteroatoms. The second-order valence-corrected chi connectivity index (χ2v) is 8.67. The first-order chi connectivity index (χ1) is 15.2. The molecule has 1 aromatic heterocycles. The lowest BCUT2D eigenvalue weighted by Crippen LogP contribution is -2.63. The van der Waals surface area contributed by atoms with Gasteiger partial charge < -0.3 is 14.8 Å². The zero-order chi connectivity index (χ0) is 23.2. The summed E-state index contributed by atoms with van der Waals surface area (Å²) in [5, 5.41) is 11.6. The molecule has 32 heavy (non-hydrogen) atoms. The number of rotatable bonds is 5. The summed E-state index contributed by atoms with van der Waals surface area (Å²) in [5.41, 5.74) is 1.06. The summed E-state index contributed by atoms with van der Waals surface area (Å²) in [4.78, 5) is 42.8. The molecule has 2 aromatic carbocycles. The van der Waals surface area contributed by atoms with Crippen LogP contribution in [0.15, 0.2) is 47.1 Å². The molecule has 0 bridgehead atoms. The molecule has 3 aromatic rings. The number of hydrogen-bond donors (Lipinski definition) is 1. The van der Waals surface area contributed by atoms with Crippen molar-refractivity contribution in [2.75, 3.05) is 14.1 Å². The van der Waals surface area contributed by atoms with E-state index in [1.54, 1.807) is 14.1 Å². The zero-order valence-electron chi connectivity index (χ0n) is 17.3. The Morgan fingerprint density at radius 1 is 1.03 bits per heavy atom. The average molecular weight is 503 g/mol. The lowest BCUT2D eigenvalue weighted by molar-refractivity contribution is -0.385. The van der Waals surface area contributed by atoms with Crippen molar-refractivity contribution >= 4 is 44.3 Å². The maximum absolute atomic E-state index is 14.2. The number of piperazine rings is 1. The first kappa shape index (κ1) is 21.9. The van der Waals surface area contributed by atoms with Gasteiger partial charge in [-0.15, -0.1) is 0 Å². The fraction of sp³-hybridized carbons (Fsp3) is 0.273. The molecule has 2 atom stereocenters. The minimum atomic E-state index is -0.951. The maximum atomic E-state index is 14.2. The molecule has 1 saturated heterocycles. The van der Waals surface area contributed by atoms with Gasteiger partial charge in [0.2, 0.25) is 17.6 Å². The van der Waals surface area contributed by atoms with Crippen LogP contribution in [0.2, 0.25) is 0 Å². The summed E-state index contributed by atoms with van der Waals surface area (Å²) in [6.45, 7) is 0. The van der Waals surface area contributed by atoms with Crippen LogP contribution < -0.4 is 0 Å². The number of nitro benzene ring substituents is 1. The molecular weight excluding hydrogens is 483 g/mol. The van der Waals surface area contributed by atoms with Crippen molar-refractivity contribution in [1.82, 2.24) is 14.8 Å². The van der Waals surface area contributed by atoms with Crippen LogP contribution in [0.1, 0.15) is 11.1 Å². The van der Waals surface area contributed by atoms with E-state index in [1.807, 2.05) is 24.3 Å². The third kappa shape index (κ3) is 3.64. The normalized spacial score (nSPS) is 19.1. The number of fused-ring (bicyclic) bond motifs is 1. The van der Waals surface area contributed by atoms with E-state index >= 15 is 0 Å². The Hall–Kier alpha value is -3.27. The Balaban J connectivity index is 1.65. The molecule has 0 spiro atoms. The van der Waals surface area contributed by atoms with Crippen LogP contribution in [-0.4, -0.2) is 57.7 Å². The highest BCUT2D eigenvalue weighted by Gasteiger charge is 2.43. The van der Waals surface area contributed by atoms with Crippen LogP contribution in [0.5, 0.6) is 0 Å². The van der Waals surface area contributed by atoms with Gasteiger partial charge in [0.1, 0.15) is 12.1 Å². The molecule has 1 N–H and O–H groups in total. The van der Waals surface area contributed by atoms with E-state index in [9.17, 15) is 24.1 Å². The Labute approximate surface area is 191 Å². The number of nitrogens with zero attached hydrogens (tertiary/aromatic N) is 3. The smallest absolute Gasteiger partial charge is 0.314 e. The van der Waals surface area contributed by atoms with Gasteiger partial charge >= 0.3 is 5.69 Å². The SMILES string of the molecule is CN1C(=O)[C@H](Cc2c[nH]c3ccc(F)c([N+](=O)[O-])c23)N(C)C(=O)[C@@H]1Cc1ccccc1Br. The Morgan fingerprint density at radius 2 is 1.62 bits per heavy atom. The van der Waals surface area contributed by atoms with Gasteiger partial charge in [-0.3, -0.25) is 19.7 Å². The van der Waals surface area contributed by atoms with E-state index in [2.05, 4.69) is 20.9 Å². The molecule has 0 radical (unpaired) electrons. The van der Waals surface area contributed by atoms with Crippen molar-refractivity contribution < 1.29 is 18.9 Å². The summed E-state index contributed by atoms with van der Waals surface area (Å²) < 4.78 is 15.0. The van der Waals surface area contributed by atoms with Gasteiger partial charge in [0.25, 0.3) is 0 Å². The number of nitro groups is 1. The predicted molar refractivity (Wildman–Crippen MR) is 120 cm³/mol. The van der Waals surface area contributed by atoms with Gasteiger partial charge in [-0.25, -0.2) is 0 Å². The second kappa shape index (κ2) is 8.34. The first-order valence-electron chi connectivity index (χ1n) is 9.90. The topological polar surface area (TPSA) is 99.5 Å². The number of carbonyl (C=O) groups is 2. The number of aromatic amines is 1. The lowest BCUT2D eigenvalue weighted by atomic mass is 9.95. The Kier molecular flexibility index (Phi) is 5.72. The lowest BCUT2D eigenvalue weighted by Gasteiger charge is -2.42. The third-order valence-electron chi connectivity index (χ3n) is 6.02. The van der Waals surface area contributed by atoms with Crippen LogP contribution in [0.4, 0.5) is 10.1 Å². The highest BCUT2D eigenvalue weighted by Crippen LogP contribution is 2.33. The fourth-order valence-corrected chi connectivity index (χ4v) is 4.67. The number of likely N-dealkylation sites (N-methyl/N-ethyl adjacent to an activating group) is 2. The van der Waals surface area contributed by atoms with Crippen molar-refractivity contribution in [2.24, 2.45) is 0 Å². The fourth-order valence-electron chi connectivity index (χ4n) is 4.23. The number of aromatic nitrogens is 1. The number of benzene rings is 2. The van der Waals surface area contributed by atoms with Crippen LogP contribution in [0, 0.1) is 15.9 Å². The predicted octanol–water partition coefficient (Wildman–Crippen LogP) is 3.43. The largest absolute Gasteiger partial charge is 0.361 e. The molecule has 1 aliphatic rings. The monoisotopic (exact) mass is 502 g/mol. The minimum absolute atomic E-state index is 0.0253. The molecule has 2 heterocycles. The number of hydrogen-bond acceptors (Lipinski definition) is 4. The van der Waals surface area contributed by atoms with Crippen LogP contribution in [0.3, 0.4) is 0 Å². The number of nitrogens with one attached hydrogen (secondary N) is 1. The molecule has 1 aliphatic heterocycles. The van der Waals surface area contributed by atoms with Gasteiger partial charge in [0, 0.05) is 37.6 Å². The van der Waals surface area contributed by atoms with E-state index in [0.29, 0.717) is 17.5 Å². The van der Waals surface area contributed by atoms with Crippen molar-refractivity contribution in [2.45, 2.75) is 24.9 Å². The molecule has 166 valence electrons. The average Bonchev–Trinajstić information content (AvgIpc) is 3.16. The van der Waals surface area contributed by atoms with Gasteiger partial charge in [-0.2, -0.15) is 4.39 Å². The van der Waals surface area contributed by atoms with Crippen molar-refractivity contribution in [3.63, 3.8) is 0 Å². The molecule has 0 unspecified atom stereocenters. The number of halogens is 2. The van der Waals surface area contributed by atoms with Crippen LogP contribution >= 0.6 is 15.9 Å². The van der Waals surface area contributed by atoms with Crippen molar-refractivity contribution in [3.8, 4) is 0 Å². The molecule has 8 nitrogen and oxygen atoms in total. The van der Waals surface area contributed by atoms with Gasteiger partial charge in [0.15, 0.2) is 0 Å². The summed E-state index contributed by atoms with van der Waals surface area (Å²) in [6.07, 6.45) is 1.90. The van der Waals surface area contributed by atoms with Gasteiger partial charge in [-0.05, 0) is 29.3 Å². The third-order valence-corrected chi connectivity index (χ3v) is 6.79. The summed E-state index contributed by atoms with van der Waals surface area (Å²) in [5.74, 6) is -1.46. The molecule has 1 fully saturated rings. The number of H-pyrrole nitrogens is 1. The summed E-state index contributed by atoms with van der Waals surface area (Å²) in [6, 6.07) is 8.42. The maximum Gasteiger partial charge on any atom is 0.314 e. The van der Waals surface area contributed by atoms with E-state index in [0.717, 1.165) is 16.1 Å². The number of carbonyl (C=O) groups excluding carboxylic acids is 2.